The molecular formula is C19H28N4O2. The van der Waals surface area contributed by atoms with E-state index in [9.17, 15) is 9.59 Å². The van der Waals surface area contributed by atoms with Gasteiger partial charge in [0.15, 0.2) is 0 Å². The van der Waals surface area contributed by atoms with Gasteiger partial charge < -0.3 is 15.1 Å². The van der Waals surface area contributed by atoms with Crippen LogP contribution in [0.3, 0.4) is 0 Å². The molecule has 0 saturated carbocycles. The molecule has 2 fully saturated rings. The second-order valence-electron chi connectivity index (χ2n) is 7.12. The molecule has 2 heterocycles. The Kier molecular flexibility index (Phi) is 5.71. The molecule has 0 spiro atoms. The molecule has 1 N–H and O–H groups in total. The van der Waals surface area contributed by atoms with Gasteiger partial charge in [-0.2, -0.15) is 0 Å². The van der Waals surface area contributed by atoms with Crippen molar-refractivity contribution in [3.63, 3.8) is 0 Å². The Hall–Kier alpha value is -1.92. The number of nitrogens with zero attached hydrogens (tertiary/aromatic N) is 3. The van der Waals surface area contributed by atoms with Gasteiger partial charge in [0.2, 0.25) is 11.8 Å². The van der Waals surface area contributed by atoms with E-state index < -0.39 is 0 Å². The van der Waals surface area contributed by atoms with E-state index in [2.05, 4.69) is 5.32 Å². The fourth-order valence-corrected chi connectivity index (χ4v) is 3.89. The molecule has 0 aliphatic carbocycles. The van der Waals surface area contributed by atoms with Crippen LogP contribution in [0.5, 0.6) is 0 Å². The highest BCUT2D eigenvalue weighted by Crippen LogP contribution is 2.24. The molecule has 0 bridgehead atoms. The van der Waals surface area contributed by atoms with Gasteiger partial charge >= 0.3 is 0 Å². The lowest BCUT2D eigenvalue weighted by atomic mass is 9.99. The van der Waals surface area contributed by atoms with Gasteiger partial charge in [0, 0.05) is 32.2 Å². The molecule has 6 heteroatoms. The summed E-state index contributed by atoms with van der Waals surface area (Å²) >= 11 is 0. The van der Waals surface area contributed by atoms with Crippen molar-refractivity contribution in [1.82, 2.24) is 20.0 Å². The van der Waals surface area contributed by atoms with Crippen molar-refractivity contribution in [2.45, 2.75) is 24.9 Å². The zero-order valence-corrected chi connectivity index (χ0v) is 15.1. The van der Waals surface area contributed by atoms with Crippen LogP contribution in [0.2, 0.25) is 0 Å². The van der Waals surface area contributed by atoms with Crippen molar-refractivity contribution in [3.8, 4) is 0 Å². The maximum Gasteiger partial charge on any atom is 0.244 e. The van der Waals surface area contributed by atoms with E-state index in [1.165, 1.54) is 0 Å². The van der Waals surface area contributed by atoms with E-state index in [-0.39, 0.29) is 23.9 Å². The second kappa shape index (κ2) is 7.97. The third-order valence-electron chi connectivity index (χ3n) is 5.14. The van der Waals surface area contributed by atoms with Crippen molar-refractivity contribution in [3.05, 3.63) is 35.9 Å². The summed E-state index contributed by atoms with van der Waals surface area (Å²) in [5, 5.41) is 3.11. The zero-order valence-electron chi connectivity index (χ0n) is 15.1. The van der Waals surface area contributed by atoms with Gasteiger partial charge in [-0.3, -0.25) is 14.5 Å². The van der Waals surface area contributed by atoms with Crippen molar-refractivity contribution < 1.29 is 9.59 Å². The lowest BCUT2D eigenvalue weighted by molar-refractivity contribution is -0.143. The molecule has 3 rings (SSSR count). The molecule has 1 aromatic rings. The minimum atomic E-state index is -0.279. The summed E-state index contributed by atoms with van der Waals surface area (Å²) in [6.07, 6.45) is 1.93. The average molecular weight is 344 g/mol. The Bertz CT molecular complexity index is 605. The molecule has 2 saturated heterocycles. The number of benzene rings is 1. The molecule has 2 aliphatic rings. The third kappa shape index (κ3) is 4.02. The summed E-state index contributed by atoms with van der Waals surface area (Å²) in [5.74, 6) is 0.279. The number of piperazine rings is 1. The first kappa shape index (κ1) is 17.9. The van der Waals surface area contributed by atoms with Gasteiger partial charge in [-0.15, -0.1) is 0 Å². The Labute approximate surface area is 149 Å². The zero-order chi connectivity index (χ0) is 17.8. The molecule has 2 aliphatic heterocycles. The van der Waals surface area contributed by atoms with Gasteiger partial charge in [-0.1, -0.05) is 30.3 Å². The largest absolute Gasteiger partial charge is 0.339 e. The van der Waals surface area contributed by atoms with E-state index in [0.717, 1.165) is 38.0 Å². The maximum absolute atomic E-state index is 13.2. The normalized spacial score (nSPS) is 23.0. The number of hydrogen-bond donors (Lipinski definition) is 1. The number of carbonyl (C=O) groups is 2. The topological polar surface area (TPSA) is 55.9 Å². The molecule has 2 unspecified atom stereocenters. The summed E-state index contributed by atoms with van der Waals surface area (Å²) in [5.41, 5.74) is 1.01. The van der Waals surface area contributed by atoms with Gasteiger partial charge in [0.1, 0.15) is 6.04 Å². The van der Waals surface area contributed by atoms with Crippen molar-refractivity contribution >= 4 is 11.8 Å². The monoisotopic (exact) mass is 344 g/mol. The summed E-state index contributed by atoms with van der Waals surface area (Å²) in [6, 6.07) is 9.78. The molecule has 25 heavy (non-hydrogen) atoms. The van der Waals surface area contributed by atoms with Crippen LogP contribution in [0, 0.1) is 0 Å². The number of carbonyl (C=O) groups excluding carboxylic acids is 2. The molecule has 6 nitrogen and oxygen atoms in total. The van der Waals surface area contributed by atoms with Gasteiger partial charge in [0.05, 0.1) is 6.54 Å². The van der Waals surface area contributed by atoms with Crippen LogP contribution < -0.4 is 5.32 Å². The minimum absolute atomic E-state index is 0.128. The average Bonchev–Trinajstić information content (AvgIpc) is 2.63. The fourth-order valence-electron chi connectivity index (χ4n) is 3.89. The van der Waals surface area contributed by atoms with E-state index in [0.29, 0.717) is 13.1 Å². The minimum Gasteiger partial charge on any atom is -0.339 e. The number of nitrogens with one attached hydrogen (secondary N) is 1. The molecule has 136 valence electrons. The third-order valence-corrected chi connectivity index (χ3v) is 5.14. The maximum atomic E-state index is 13.2. The molecule has 0 radical (unpaired) electrons. The lowest BCUT2D eigenvalue weighted by Crippen LogP contribution is -2.58. The van der Waals surface area contributed by atoms with E-state index in [1.54, 1.807) is 0 Å². The van der Waals surface area contributed by atoms with Crippen molar-refractivity contribution in [1.29, 1.82) is 0 Å². The highest BCUT2D eigenvalue weighted by atomic mass is 16.2. The first-order chi connectivity index (χ1) is 12.1. The van der Waals surface area contributed by atoms with Crippen LogP contribution in [-0.2, 0) is 9.59 Å². The SMILES string of the molecule is CN(C)C(C(=O)N1CCCC(N2CCNCC2=O)C1)c1ccccc1. The van der Waals surface area contributed by atoms with E-state index in [4.69, 9.17) is 0 Å². The van der Waals surface area contributed by atoms with Crippen LogP contribution in [0.1, 0.15) is 24.4 Å². The van der Waals surface area contributed by atoms with E-state index >= 15 is 0 Å². The van der Waals surface area contributed by atoms with Crippen molar-refractivity contribution in [2.75, 3.05) is 46.8 Å². The highest BCUT2D eigenvalue weighted by Gasteiger charge is 2.34. The van der Waals surface area contributed by atoms with E-state index in [1.807, 2.05) is 59.1 Å². The van der Waals surface area contributed by atoms with Gasteiger partial charge in [-0.05, 0) is 32.5 Å². The summed E-state index contributed by atoms with van der Waals surface area (Å²) in [6.45, 7) is 3.39. The first-order valence-electron chi connectivity index (χ1n) is 9.08. The lowest BCUT2D eigenvalue weighted by Gasteiger charge is -2.42. The standard InChI is InChI=1S/C19H28N4O2/c1-21(2)18(15-7-4-3-5-8-15)19(25)22-11-6-9-16(14-22)23-12-10-20-13-17(23)24/h3-5,7-8,16,18,20H,6,9-14H2,1-2H3. The van der Waals surface area contributed by atoms with Gasteiger partial charge in [-0.25, -0.2) is 0 Å². The molecule has 2 amide bonds. The van der Waals surface area contributed by atoms with Crippen LogP contribution >= 0.6 is 0 Å². The molecule has 1 aromatic carbocycles. The quantitative estimate of drug-likeness (QED) is 0.874. The Morgan fingerprint density at radius 2 is 2.00 bits per heavy atom. The molecular weight excluding hydrogens is 316 g/mol. The molecule has 2 atom stereocenters. The predicted molar refractivity (Wildman–Crippen MR) is 97.1 cm³/mol. The van der Waals surface area contributed by atoms with Crippen LogP contribution in [0.4, 0.5) is 0 Å². The smallest absolute Gasteiger partial charge is 0.244 e. The van der Waals surface area contributed by atoms with Gasteiger partial charge in [0.25, 0.3) is 0 Å². The fraction of sp³-hybridized carbons (Fsp3) is 0.579. The first-order valence-corrected chi connectivity index (χ1v) is 9.08. The number of rotatable bonds is 4. The van der Waals surface area contributed by atoms with Crippen LogP contribution in [0.25, 0.3) is 0 Å². The van der Waals surface area contributed by atoms with Crippen LogP contribution in [-0.4, -0.2) is 79.4 Å². The Morgan fingerprint density at radius 1 is 1.24 bits per heavy atom. The number of hydrogen-bond acceptors (Lipinski definition) is 4. The highest BCUT2D eigenvalue weighted by molar-refractivity contribution is 5.84. The van der Waals surface area contributed by atoms with Crippen LogP contribution in [0.15, 0.2) is 30.3 Å². The summed E-state index contributed by atoms with van der Waals surface area (Å²) in [4.78, 5) is 31.3. The predicted octanol–water partition coefficient (Wildman–Crippen LogP) is 0.712. The summed E-state index contributed by atoms with van der Waals surface area (Å²) in [7, 11) is 3.88. The Balaban J connectivity index is 1.73. The van der Waals surface area contributed by atoms with Crippen molar-refractivity contribution in [2.24, 2.45) is 0 Å². The number of likely N-dealkylation sites (N-methyl/N-ethyl adjacent to an activating group) is 1. The Morgan fingerprint density at radius 3 is 2.68 bits per heavy atom. The number of likely N-dealkylation sites (tertiary alicyclic amines) is 1. The summed E-state index contributed by atoms with van der Waals surface area (Å²) < 4.78 is 0. The molecule has 0 aromatic heterocycles. The number of piperidine rings is 1. The second-order valence-corrected chi connectivity index (χ2v) is 7.12. The number of amides is 2.